The molecule has 1 saturated carbocycles. The molecule has 1 fully saturated rings. The first-order chi connectivity index (χ1) is 9.90. The van der Waals surface area contributed by atoms with Crippen LogP contribution in [0.3, 0.4) is 0 Å². The van der Waals surface area contributed by atoms with E-state index in [1.54, 1.807) is 0 Å². The second-order valence-electron chi connectivity index (χ2n) is 5.07. The molecule has 0 heterocycles. The van der Waals surface area contributed by atoms with E-state index in [4.69, 9.17) is 5.73 Å². The van der Waals surface area contributed by atoms with Gasteiger partial charge in [0.25, 0.3) is 0 Å². The fourth-order valence-electron chi connectivity index (χ4n) is 2.67. The minimum absolute atomic E-state index is 0.0162. The number of alkyl halides is 3. The van der Waals surface area contributed by atoms with Gasteiger partial charge in [-0.2, -0.15) is 0 Å². The van der Waals surface area contributed by atoms with E-state index in [1.807, 2.05) is 0 Å². The molecule has 3 N–H and O–H groups in total. The Morgan fingerprint density at radius 2 is 2.05 bits per heavy atom. The van der Waals surface area contributed by atoms with Gasteiger partial charge in [0.1, 0.15) is 0 Å². The summed E-state index contributed by atoms with van der Waals surface area (Å²) >= 11 is 0. The van der Waals surface area contributed by atoms with Gasteiger partial charge in [0, 0.05) is 5.92 Å². The van der Waals surface area contributed by atoms with Gasteiger partial charge >= 0.3 is 6.36 Å². The Bertz CT molecular complexity index is 505. The molecule has 0 saturated heterocycles. The summed E-state index contributed by atoms with van der Waals surface area (Å²) in [6, 6.07) is 5.49. The highest BCUT2D eigenvalue weighted by atomic mass is 19.4. The van der Waals surface area contributed by atoms with E-state index in [0.29, 0.717) is 13.0 Å². The first kappa shape index (κ1) is 15.6. The van der Waals surface area contributed by atoms with Crippen LogP contribution >= 0.6 is 0 Å². The van der Waals surface area contributed by atoms with Gasteiger partial charge in [-0.25, -0.2) is 0 Å². The molecule has 116 valence electrons. The predicted molar refractivity (Wildman–Crippen MR) is 71.6 cm³/mol. The fourth-order valence-corrected chi connectivity index (χ4v) is 2.67. The minimum atomic E-state index is -4.80. The van der Waals surface area contributed by atoms with Crippen LogP contribution in [0.2, 0.25) is 0 Å². The zero-order valence-electron chi connectivity index (χ0n) is 11.3. The lowest BCUT2D eigenvalue weighted by Gasteiger charge is -2.19. The van der Waals surface area contributed by atoms with E-state index in [-0.39, 0.29) is 23.4 Å². The number of carbonyl (C=O) groups excluding carboxylic acids is 1. The first-order valence-corrected chi connectivity index (χ1v) is 6.76. The number of nitrogens with one attached hydrogen (secondary N) is 1. The molecule has 2 atom stereocenters. The van der Waals surface area contributed by atoms with E-state index in [2.05, 4.69) is 10.1 Å². The molecule has 1 aliphatic rings. The Kier molecular flexibility index (Phi) is 4.72. The number of carbonyl (C=O) groups is 1. The van der Waals surface area contributed by atoms with Crippen molar-refractivity contribution in [1.29, 1.82) is 0 Å². The molecule has 1 aliphatic carbocycles. The molecular formula is C14H17F3N2O2. The third kappa shape index (κ3) is 4.10. The standard InChI is InChI=1S/C14H17F3N2O2/c15-14(16,17)21-12-7-2-1-6-11(12)19-13(20)10-5-3-4-9(10)8-18/h1-2,6-7,9-10H,3-5,8,18H2,(H,19,20)/t9-,10-/m1/s1. The molecule has 1 aromatic rings. The smallest absolute Gasteiger partial charge is 0.404 e. The number of hydrogen-bond acceptors (Lipinski definition) is 3. The summed E-state index contributed by atoms with van der Waals surface area (Å²) in [5.74, 6) is -0.892. The molecule has 1 amide bonds. The Morgan fingerprint density at radius 3 is 2.71 bits per heavy atom. The maximum Gasteiger partial charge on any atom is 0.573 e. The van der Waals surface area contributed by atoms with Crippen LogP contribution in [0.25, 0.3) is 0 Å². The Morgan fingerprint density at radius 1 is 1.33 bits per heavy atom. The SMILES string of the molecule is NC[C@H]1CCC[C@H]1C(=O)Nc1ccccc1OC(F)(F)F. The van der Waals surface area contributed by atoms with Gasteiger partial charge in [0.05, 0.1) is 5.69 Å². The van der Waals surface area contributed by atoms with Crippen molar-refractivity contribution in [3.05, 3.63) is 24.3 Å². The highest BCUT2D eigenvalue weighted by molar-refractivity contribution is 5.94. The summed E-state index contributed by atoms with van der Waals surface area (Å²) in [4.78, 5) is 12.2. The van der Waals surface area contributed by atoms with Crippen molar-refractivity contribution in [2.45, 2.75) is 25.6 Å². The zero-order valence-corrected chi connectivity index (χ0v) is 11.3. The van der Waals surface area contributed by atoms with Crippen LogP contribution in [-0.4, -0.2) is 18.8 Å². The molecular weight excluding hydrogens is 285 g/mol. The van der Waals surface area contributed by atoms with Gasteiger partial charge in [0.15, 0.2) is 5.75 Å². The average Bonchev–Trinajstić information content (AvgIpc) is 2.87. The first-order valence-electron chi connectivity index (χ1n) is 6.76. The maximum absolute atomic E-state index is 12.3. The van der Waals surface area contributed by atoms with E-state index in [0.717, 1.165) is 18.9 Å². The largest absolute Gasteiger partial charge is 0.573 e. The highest BCUT2D eigenvalue weighted by Gasteiger charge is 2.34. The summed E-state index contributed by atoms with van der Waals surface area (Å²) in [6.45, 7) is 0.402. The molecule has 0 spiro atoms. The number of benzene rings is 1. The molecule has 1 aromatic carbocycles. The molecule has 0 aromatic heterocycles. The van der Waals surface area contributed by atoms with Crippen LogP contribution in [0.4, 0.5) is 18.9 Å². The summed E-state index contributed by atoms with van der Waals surface area (Å²) < 4.78 is 40.9. The molecule has 2 rings (SSSR count). The number of ether oxygens (including phenoxy) is 1. The third-order valence-electron chi connectivity index (χ3n) is 3.67. The minimum Gasteiger partial charge on any atom is -0.404 e. The van der Waals surface area contributed by atoms with Gasteiger partial charge in [0.2, 0.25) is 5.91 Å². The molecule has 0 aliphatic heterocycles. The van der Waals surface area contributed by atoms with Crippen molar-refractivity contribution < 1.29 is 22.7 Å². The lowest BCUT2D eigenvalue weighted by molar-refractivity contribution is -0.274. The fraction of sp³-hybridized carbons (Fsp3) is 0.500. The Hall–Kier alpha value is -1.76. The van der Waals surface area contributed by atoms with Crippen LogP contribution in [0.15, 0.2) is 24.3 Å². The highest BCUT2D eigenvalue weighted by Crippen LogP contribution is 2.34. The molecule has 7 heteroatoms. The number of nitrogens with two attached hydrogens (primary N) is 1. The summed E-state index contributed by atoms with van der Waals surface area (Å²) in [7, 11) is 0. The second-order valence-corrected chi connectivity index (χ2v) is 5.07. The topological polar surface area (TPSA) is 64.4 Å². The van der Waals surface area contributed by atoms with Crippen LogP contribution in [-0.2, 0) is 4.79 Å². The number of amides is 1. The van der Waals surface area contributed by atoms with Crippen LogP contribution in [0, 0.1) is 11.8 Å². The van der Waals surface area contributed by atoms with Gasteiger partial charge in [-0.1, -0.05) is 18.6 Å². The van der Waals surface area contributed by atoms with Crippen molar-refractivity contribution in [2.75, 3.05) is 11.9 Å². The van der Waals surface area contributed by atoms with Crippen molar-refractivity contribution in [1.82, 2.24) is 0 Å². The lowest BCUT2D eigenvalue weighted by Crippen LogP contribution is -2.30. The summed E-state index contributed by atoms with van der Waals surface area (Å²) in [5.41, 5.74) is 5.63. The van der Waals surface area contributed by atoms with Crippen LogP contribution in [0.5, 0.6) is 5.75 Å². The van der Waals surface area contributed by atoms with Gasteiger partial charge in [-0.05, 0) is 37.4 Å². The molecule has 0 unspecified atom stereocenters. The normalized spacial score (nSPS) is 22.1. The lowest BCUT2D eigenvalue weighted by atomic mass is 9.95. The Balaban J connectivity index is 2.10. The van der Waals surface area contributed by atoms with E-state index in [1.165, 1.54) is 18.2 Å². The molecule has 0 radical (unpaired) electrons. The van der Waals surface area contributed by atoms with Crippen molar-refractivity contribution in [3.63, 3.8) is 0 Å². The van der Waals surface area contributed by atoms with Crippen molar-refractivity contribution >= 4 is 11.6 Å². The molecule has 21 heavy (non-hydrogen) atoms. The monoisotopic (exact) mass is 302 g/mol. The number of para-hydroxylation sites is 2. The van der Waals surface area contributed by atoms with Crippen LogP contribution in [0.1, 0.15) is 19.3 Å². The number of halogens is 3. The third-order valence-corrected chi connectivity index (χ3v) is 3.67. The second kappa shape index (κ2) is 6.34. The average molecular weight is 302 g/mol. The van der Waals surface area contributed by atoms with E-state index >= 15 is 0 Å². The van der Waals surface area contributed by atoms with E-state index < -0.39 is 12.1 Å². The maximum atomic E-state index is 12.3. The zero-order chi connectivity index (χ0) is 15.5. The summed E-state index contributed by atoms with van der Waals surface area (Å²) in [6.07, 6.45) is -2.32. The molecule has 0 bridgehead atoms. The summed E-state index contributed by atoms with van der Waals surface area (Å²) in [5, 5.41) is 2.52. The quantitative estimate of drug-likeness (QED) is 0.899. The van der Waals surface area contributed by atoms with Gasteiger partial charge in [-0.3, -0.25) is 4.79 Å². The number of anilines is 1. The van der Waals surface area contributed by atoms with Crippen LogP contribution < -0.4 is 15.8 Å². The number of hydrogen-bond donors (Lipinski definition) is 2. The van der Waals surface area contributed by atoms with Crippen molar-refractivity contribution in [2.24, 2.45) is 17.6 Å². The Labute approximate surface area is 120 Å². The van der Waals surface area contributed by atoms with Gasteiger partial charge in [-0.15, -0.1) is 13.2 Å². The molecule has 4 nitrogen and oxygen atoms in total. The number of rotatable bonds is 4. The predicted octanol–water partition coefficient (Wildman–Crippen LogP) is 2.90. The van der Waals surface area contributed by atoms with Crippen molar-refractivity contribution in [3.8, 4) is 5.75 Å². The van der Waals surface area contributed by atoms with E-state index in [9.17, 15) is 18.0 Å². The van der Waals surface area contributed by atoms with Gasteiger partial charge < -0.3 is 15.8 Å².